The minimum Gasteiger partial charge on any atom is -0.490 e. The highest BCUT2D eigenvalue weighted by Gasteiger charge is 2.34. The lowest BCUT2D eigenvalue weighted by Gasteiger charge is -2.25. The molecule has 0 amide bonds. The number of hydrogen-bond donors (Lipinski definition) is 0. The van der Waals surface area contributed by atoms with Crippen molar-refractivity contribution >= 4 is 46.6 Å². The molecular weight excluding hydrogens is 599 g/mol. The summed E-state index contributed by atoms with van der Waals surface area (Å²) in [5.74, 6) is 1.50. The molecule has 1 atom stereocenters. The number of aromatic nitrogens is 1. The number of nitrogens with zero attached hydrogens (tertiary/aromatic N) is 2. The highest BCUT2D eigenvalue weighted by molar-refractivity contribution is 7.07. The van der Waals surface area contributed by atoms with Crippen LogP contribution in [0.25, 0.3) is 17.4 Å². The zero-order chi connectivity index (χ0) is 30.0. The highest BCUT2D eigenvalue weighted by Crippen LogP contribution is 2.36. The van der Waals surface area contributed by atoms with E-state index in [4.69, 9.17) is 41.8 Å². The first-order valence-corrected chi connectivity index (χ1v) is 15.0. The predicted octanol–water partition coefficient (Wildman–Crippen LogP) is 6.16. The number of carbonyl (C=O) groups is 1. The van der Waals surface area contributed by atoms with Gasteiger partial charge in [-0.15, -0.1) is 0 Å². The van der Waals surface area contributed by atoms with Crippen LogP contribution in [0.1, 0.15) is 45.1 Å². The Kier molecular flexibility index (Phi) is 8.91. The minimum atomic E-state index is -0.797. The van der Waals surface area contributed by atoms with Crippen LogP contribution in [-0.4, -0.2) is 30.4 Å². The third-order valence-electron chi connectivity index (χ3n) is 6.49. The maximum absolute atomic E-state index is 14.0. The van der Waals surface area contributed by atoms with Gasteiger partial charge in [0.15, 0.2) is 16.3 Å². The molecular formula is C31H28Cl2N2O6S. The van der Waals surface area contributed by atoms with E-state index < -0.39 is 12.0 Å². The lowest BCUT2D eigenvalue weighted by Crippen LogP contribution is -2.40. The smallest absolute Gasteiger partial charge is 0.338 e. The Bertz CT molecular complexity index is 1870. The maximum atomic E-state index is 14.0. The Morgan fingerprint density at radius 2 is 1.79 bits per heavy atom. The largest absolute Gasteiger partial charge is 0.490 e. The number of benzene rings is 2. The average molecular weight is 628 g/mol. The summed E-state index contributed by atoms with van der Waals surface area (Å²) in [7, 11) is 0. The minimum absolute atomic E-state index is 0.178. The van der Waals surface area contributed by atoms with Crippen LogP contribution >= 0.6 is 34.5 Å². The predicted molar refractivity (Wildman–Crippen MR) is 163 cm³/mol. The number of halogens is 2. The number of allylic oxidation sites excluding steroid dienone is 1. The second-order valence-electron chi connectivity index (χ2n) is 9.20. The molecule has 218 valence electrons. The third kappa shape index (κ3) is 5.77. The molecule has 2 aromatic heterocycles. The monoisotopic (exact) mass is 626 g/mol. The molecule has 1 aliphatic heterocycles. The summed E-state index contributed by atoms with van der Waals surface area (Å²) in [6, 6.07) is 13.2. The van der Waals surface area contributed by atoms with E-state index >= 15 is 0 Å². The number of rotatable bonds is 9. The van der Waals surface area contributed by atoms with E-state index in [1.54, 1.807) is 62.4 Å². The zero-order valence-corrected chi connectivity index (χ0v) is 25.7. The summed E-state index contributed by atoms with van der Waals surface area (Å²) in [6.07, 6.45) is 1.65. The molecule has 5 rings (SSSR count). The molecule has 1 aliphatic rings. The summed E-state index contributed by atoms with van der Waals surface area (Å²) in [6.45, 7) is 8.28. The fourth-order valence-electron chi connectivity index (χ4n) is 4.74. The van der Waals surface area contributed by atoms with Crippen LogP contribution < -0.4 is 24.4 Å². The topological polar surface area (TPSA) is 92.3 Å². The van der Waals surface area contributed by atoms with Crippen LogP contribution in [0.4, 0.5) is 0 Å². The lowest BCUT2D eigenvalue weighted by molar-refractivity contribution is -0.139. The standard InChI is InChI=1S/C31H28Cl2N2O6S/c1-5-38-24-12-8-18(14-25(24)39-6-2)28-27(30(37)40-7-3)17(4)34-31-35(28)29(36)26(42-31)16-20-10-13-23(41-20)21-15-19(32)9-11-22(21)33/h8-16,28H,5-7H2,1-4H3/b26-16-/t28-/m1/s1. The number of esters is 1. The van der Waals surface area contributed by atoms with E-state index in [0.717, 1.165) is 0 Å². The van der Waals surface area contributed by atoms with E-state index in [9.17, 15) is 9.59 Å². The van der Waals surface area contributed by atoms with E-state index in [1.165, 1.54) is 15.9 Å². The second-order valence-corrected chi connectivity index (χ2v) is 11.1. The van der Waals surface area contributed by atoms with Crippen molar-refractivity contribution < 1.29 is 23.4 Å². The van der Waals surface area contributed by atoms with Gasteiger partial charge < -0.3 is 18.6 Å². The van der Waals surface area contributed by atoms with Crippen molar-refractivity contribution in [3.63, 3.8) is 0 Å². The van der Waals surface area contributed by atoms with Crippen LogP contribution in [0.2, 0.25) is 10.0 Å². The molecule has 0 fully saturated rings. The van der Waals surface area contributed by atoms with Crippen molar-refractivity contribution in [1.82, 2.24) is 4.57 Å². The van der Waals surface area contributed by atoms with Gasteiger partial charge in [0.05, 0.1) is 46.7 Å². The van der Waals surface area contributed by atoms with Crippen molar-refractivity contribution in [2.75, 3.05) is 19.8 Å². The molecule has 2 aromatic carbocycles. The van der Waals surface area contributed by atoms with Crippen molar-refractivity contribution in [3.8, 4) is 22.8 Å². The first-order chi connectivity index (χ1) is 20.2. The molecule has 0 aliphatic carbocycles. The number of fused-ring (bicyclic) bond motifs is 1. The fraction of sp³-hybridized carbons (Fsp3) is 0.258. The summed E-state index contributed by atoms with van der Waals surface area (Å²) in [5.41, 5.74) is 1.71. The summed E-state index contributed by atoms with van der Waals surface area (Å²) in [5, 5.41) is 1.01. The number of carbonyl (C=O) groups excluding carboxylic acids is 1. The first kappa shape index (κ1) is 29.7. The molecule has 8 nitrogen and oxygen atoms in total. The number of hydrogen-bond acceptors (Lipinski definition) is 8. The van der Waals surface area contributed by atoms with Crippen LogP contribution in [0.5, 0.6) is 11.5 Å². The Morgan fingerprint density at radius 1 is 1.02 bits per heavy atom. The van der Waals surface area contributed by atoms with Gasteiger partial charge in [-0.1, -0.05) is 40.6 Å². The van der Waals surface area contributed by atoms with Gasteiger partial charge in [0.25, 0.3) is 5.56 Å². The van der Waals surface area contributed by atoms with Gasteiger partial charge in [0.2, 0.25) is 0 Å². The normalized spacial score (nSPS) is 14.9. The van der Waals surface area contributed by atoms with E-state index in [1.807, 2.05) is 19.9 Å². The molecule has 4 aromatic rings. The molecule has 42 heavy (non-hydrogen) atoms. The molecule has 0 bridgehead atoms. The number of furan rings is 1. The molecule has 0 saturated carbocycles. The second kappa shape index (κ2) is 12.6. The van der Waals surface area contributed by atoms with Crippen LogP contribution in [-0.2, 0) is 9.53 Å². The van der Waals surface area contributed by atoms with Crippen molar-refractivity contribution in [2.45, 2.75) is 33.7 Å². The van der Waals surface area contributed by atoms with Gasteiger partial charge in [-0.2, -0.15) is 0 Å². The number of ether oxygens (including phenoxy) is 3. The average Bonchev–Trinajstić information content (AvgIpc) is 3.54. The van der Waals surface area contributed by atoms with Crippen LogP contribution in [0.15, 0.2) is 74.0 Å². The maximum Gasteiger partial charge on any atom is 0.338 e. The molecule has 11 heteroatoms. The van der Waals surface area contributed by atoms with Gasteiger partial charge >= 0.3 is 5.97 Å². The molecule has 0 saturated heterocycles. The first-order valence-electron chi connectivity index (χ1n) is 13.4. The van der Waals surface area contributed by atoms with Crippen molar-refractivity contribution in [1.29, 1.82) is 0 Å². The number of thiazole rings is 1. The van der Waals surface area contributed by atoms with Gasteiger partial charge in [-0.25, -0.2) is 9.79 Å². The summed E-state index contributed by atoms with van der Waals surface area (Å²) in [4.78, 5) is 32.3. The molecule has 0 unspecified atom stereocenters. The van der Waals surface area contributed by atoms with Crippen molar-refractivity contribution in [3.05, 3.63) is 101 Å². The third-order valence-corrected chi connectivity index (χ3v) is 8.04. The fourth-order valence-corrected chi connectivity index (χ4v) is 6.14. The van der Waals surface area contributed by atoms with Crippen LogP contribution in [0, 0.1) is 0 Å². The Morgan fingerprint density at radius 3 is 2.52 bits per heavy atom. The Hall–Kier alpha value is -3.79. The SMILES string of the molecule is CCOC(=O)C1=C(C)N=c2s/c(=C\c3ccc(-c4cc(Cl)ccc4Cl)o3)c(=O)n2[C@@H]1c1ccc(OCC)c(OCC)c1. The van der Waals surface area contributed by atoms with E-state index in [0.29, 0.717) is 72.4 Å². The van der Waals surface area contributed by atoms with E-state index in [-0.39, 0.29) is 17.7 Å². The van der Waals surface area contributed by atoms with Gasteiger partial charge in [0, 0.05) is 16.7 Å². The Balaban J connectivity index is 1.65. The van der Waals surface area contributed by atoms with E-state index in [2.05, 4.69) is 4.99 Å². The summed E-state index contributed by atoms with van der Waals surface area (Å²) < 4.78 is 24.9. The summed E-state index contributed by atoms with van der Waals surface area (Å²) >= 11 is 13.7. The lowest BCUT2D eigenvalue weighted by atomic mass is 9.95. The zero-order valence-electron chi connectivity index (χ0n) is 23.4. The van der Waals surface area contributed by atoms with Gasteiger partial charge in [-0.3, -0.25) is 9.36 Å². The quantitative estimate of drug-likeness (QED) is 0.207. The molecule has 0 radical (unpaired) electrons. The Labute approximate surface area is 256 Å². The molecule has 0 spiro atoms. The molecule has 0 N–H and O–H groups in total. The van der Waals surface area contributed by atoms with Crippen molar-refractivity contribution in [2.24, 2.45) is 4.99 Å². The van der Waals surface area contributed by atoms with Gasteiger partial charge in [0.1, 0.15) is 11.5 Å². The molecule has 3 heterocycles. The highest BCUT2D eigenvalue weighted by atomic mass is 35.5. The van der Waals surface area contributed by atoms with Gasteiger partial charge in [-0.05, 0) is 75.7 Å². The van der Waals surface area contributed by atoms with Crippen LogP contribution in [0.3, 0.4) is 0 Å².